The lowest BCUT2D eigenvalue weighted by Crippen LogP contribution is -2.30. The lowest BCUT2D eigenvalue weighted by Gasteiger charge is -2.18. The van der Waals surface area contributed by atoms with Crippen molar-refractivity contribution in [2.75, 3.05) is 10.6 Å². The fraction of sp³-hybridized carbons (Fsp3) is 0.0278. The van der Waals surface area contributed by atoms with E-state index in [0.717, 1.165) is 0 Å². The number of nitro groups is 2. The number of carbonyl (C=O) groups is 3. The second-order valence-corrected chi connectivity index (χ2v) is 11.6. The van der Waals surface area contributed by atoms with E-state index in [1.165, 1.54) is 60.3 Å². The van der Waals surface area contributed by atoms with Gasteiger partial charge in [0.2, 0.25) is 5.91 Å². The molecule has 5 aromatic carbocycles. The maximum absolute atomic E-state index is 13.6. The van der Waals surface area contributed by atoms with E-state index in [9.17, 15) is 34.6 Å². The van der Waals surface area contributed by atoms with Crippen LogP contribution in [0.5, 0.6) is 0 Å². The molecular weight excluding hydrogens is 646 g/mol. The van der Waals surface area contributed by atoms with Crippen LogP contribution in [0.2, 0.25) is 0 Å². The Kier molecular flexibility index (Phi) is 10.9. The number of thioether (sulfide) groups is 1. The summed E-state index contributed by atoms with van der Waals surface area (Å²) in [5, 5.41) is 30.1. The zero-order valence-corrected chi connectivity index (χ0v) is 26.3. The van der Waals surface area contributed by atoms with Crippen LogP contribution in [0.3, 0.4) is 0 Å². The smallest absolute Gasteiger partial charge is 0.276 e. The quantitative estimate of drug-likeness (QED) is 0.0532. The Bertz CT molecular complexity index is 2040. The molecule has 0 saturated carbocycles. The molecule has 13 heteroatoms. The Morgan fingerprint density at radius 3 is 2.00 bits per heavy atom. The van der Waals surface area contributed by atoms with Crippen molar-refractivity contribution in [2.24, 2.45) is 0 Å². The first-order valence-corrected chi connectivity index (χ1v) is 15.6. The first-order valence-electron chi connectivity index (χ1n) is 14.7. The molecule has 0 heterocycles. The van der Waals surface area contributed by atoms with Crippen LogP contribution < -0.4 is 16.0 Å². The van der Waals surface area contributed by atoms with Crippen LogP contribution in [0.25, 0.3) is 6.08 Å². The average Bonchev–Trinajstić information content (AvgIpc) is 3.11. The molecule has 1 unspecified atom stereocenters. The van der Waals surface area contributed by atoms with E-state index in [2.05, 4.69) is 16.0 Å². The number of carbonyl (C=O) groups excluding carboxylic acids is 3. The van der Waals surface area contributed by atoms with Gasteiger partial charge in [0, 0.05) is 40.0 Å². The molecule has 5 rings (SSSR count). The molecule has 3 amide bonds. The third-order valence-electron chi connectivity index (χ3n) is 6.99. The highest BCUT2D eigenvalue weighted by molar-refractivity contribution is 8.00. The molecule has 12 nitrogen and oxygen atoms in total. The molecule has 0 aromatic heterocycles. The molecule has 1 atom stereocenters. The summed E-state index contributed by atoms with van der Waals surface area (Å²) in [4.78, 5) is 62.4. The van der Waals surface area contributed by atoms with E-state index >= 15 is 0 Å². The number of rotatable bonds is 12. The van der Waals surface area contributed by atoms with Crippen LogP contribution in [0, 0.1) is 20.2 Å². The Balaban J connectivity index is 1.39. The molecule has 0 aliphatic carbocycles. The van der Waals surface area contributed by atoms with Crippen molar-refractivity contribution < 1.29 is 24.2 Å². The molecule has 0 saturated heterocycles. The van der Waals surface area contributed by atoms with Crippen molar-refractivity contribution >= 4 is 58.3 Å². The van der Waals surface area contributed by atoms with Gasteiger partial charge in [-0.2, -0.15) is 0 Å². The summed E-state index contributed by atoms with van der Waals surface area (Å²) in [6.45, 7) is 0. The number of nitro benzene ring substituents is 2. The standard InChI is InChI=1S/C36H27N5O7S/c42-34(25-12-5-2-6-13-25)39-31(22-26-14-7-8-17-32(26)41(47)48)35(43)38-28-15-9-16-30(23-28)49-33(24-10-3-1-4-11-24)36(44)37-27-18-20-29(21-19-27)40(45)46/h1-23,33H,(H,37,44)(H,38,43)(H,39,42)/b31-22+. The highest BCUT2D eigenvalue weighted by Gasteiger charge is 2.23. The molecule has 3 N–H and O–H groups in total. The monoisotopic (exact) mass is 673 g/mol. The fourth-order valence-electron chi connectivity index (χ4n) is 4.63. The maximum atomic E-state index is 13.6. The lowest BCUT2D eigenvalue weighted by atomic mass is 10.1. The van der Waals surface area contributed by atoms with Gasteiger partial charge in [0.05, 0.1) is 15.4 Å². The minimum atomic E-state index is -0.749. The first-order chi connectivity index (χ1) is 23.7. The number of anilines is 2. The normalized spacial score (nSPS) is 11.6. The summed E-state index contributed by atoms with van der Waals surface area (Å²) in [6, 6.07) is 35.3. The summed E-state index contributed by atoms with van der Waals surface area (Å²) < 4.78 is 0. The molecule has 244 valence electrons. The summed E-state index contributed by atoms with van der Waals surface area (Å²) in [5.41, 5.74) is 1.21. The van der Waals surface area contributed by atoms with Gasteiger partial charge in [0.25, 0.3) is 23.2 Å². The molecule has 0 radical (unpaired) electrons. The van der Waals surface area contributed by atoms with Gasteiger partial charge in [0.1, 0.15) is 10.9 Å². The molecule has 0 spiro atoms. The third kappa shape index (κ3) is 9.02. The Morgan fingerprint density at radius 1 is 0.673 bits per heavy atom. The number of amides is 3. The van der Waals surface area contributed by atoms with Crippen LogP contribution in [-0.2, 0) is 9.59 Å². The zero-order chi connectivity index (χ0) is 34.8. The topological polar surface area (TPSA) is 174 Å². The highest BCUT2D eigenvalue weighted by Crippen LogP contribution is 2.37. The van der Waals surface area contributed by atoms with Gasteiger partial charge in [-0.1, -0.05) is 66.7 Å². The molecule has 49 heavy (non-hydrogen) atoms. The van der Waals surface area contributed by atoms with E-state index in [0.29, 0.717) is 21.8 Å². The summed E-state index contributed by atoms with van der Waals surface area (Å²) in [7, 11) is 0. The first kappa shape index (κ1) is 33.8. The Morgan fingerprint density at radius 2 is 1.33 bits per heavy atom. The number of hydrogen-bond donors (Lipinski definition) is 3. The van der Waals surface area contributed by atoms with Gasteiger partial charge < -0.3 is 16.0 Å². The van der Waals surface area contributed by atoms with Gasteiger partial charge in [-0.15, -0.1) is 11.8 Å². The third-order valence-corrected chi connectivity index (χ3v) is 8.24. The number of nitrogens with zero attached hydrogens (tertiary/aromatic N) is 2. The van der Waals surface area contributed by atoms with Crippen molar-refractivity contribution in [3.05, 3.63) is 176 Å². The second kappa shape index (κ2) is 15.8. The number of hydrogen-bond acceptors (Lipinski definition) is 8. The number of para-hydroxylation sites is 1. The van der Waals surface area contributed by atoms with Crippen molar-refractivity contribution in [1.82, 2.24) is 5.32 Å². The van der Waals surface area contributed by atoms with Gasteiger partial charge >= 0.3 is 0 Å². The number of nitrogens with one attached hydrogen (secondary N) is 3. The Hall–Kier alpha value is -6.60. The van der Waals surface area contributed by atoms with Crippen LogP contribution in [0.4, 0.5) is 22.7 Å². The summed E-state index contributed by atoms with van der Waals surface area (Å²) in [6.07, 6.45) is 1.24. The van der Waals surface area contributed by atoms with Crippen LogP contribution in [0.15, 0.2) is 144 Å². The van der Waals surface area contributed by atoms with Gasteiger partial charge in [-0.05, 0) is 60.2 Å². The summed E-state index contributed by atoms with van der Waals surface area (Å²) >= 11 is 1.21. The predicted octanol–water partition coefficient (Wildman–Crippen LogP) is 7.38. The highest BCUT2D eigenvalue weighted by atomic mass is 32.2. The van der Waals surface area contributed by atoms with E-state index in [-0.39, 0.29) is 34.1 Å². The molecule has 0 aliphatic heterocycles. The SMILES string of the molecule is O=C(Nc1cccc(SC(C(=O)Nc2ccc([N+](=O)[O-])cc2)c2ccccc2)c1)/C(=C\c1ccccc1[N+](=O)[O-])NC(=O)c1ccccc1. The van der Waals surface area contributed by atoms with E-state index < -0.39 is 26.9 Å². The minimum Gasteiger partial charge on any atom is -0.325 e. The largest absolute Gasteiger partial charge is 0.325 e. The fourth-order valence-corrected chi connectivity index (χ4v) is 5.71. The van der Waals surface area contributed by atoms with Gasteiger partial charge in [0.15, 0.2) is 0 Å². The molecule has 5 aromatic rings. The van der Waals surface area contributed by atoms with Gasteiger partial charge in [-0.3, -0.25) is 34.6 Å². The second-order valence-electron chi connectivity index (χ2n) is 10.4. The predicted molar refractivity (Wildman–Crippen MR) is 187 cm³/mol. The van der Waals surface area contributed by atoms with Crippen molar-refractivity contribution in [3.63, 3.8) is 0 Å². The zero-order valence-electron chi connectivity index (χ0n) is 25.5. The minimum absolute atomic E-state index is 0.106. The lowest BCUT2D eigenvalue weighted by molar-refractivity contribution is -0.385. The van der Waals surface area contributed by atoms with E-state index in [1.54, 1.807) is 84.9 Å². The van der Waals surface area contributed by atoms with Crippen molar-refractivity contribution in [1.29, 1.82) is 0 Å². The van der Waals surface area contributed by atoms with E-state index in [1.807, 2.05) is 6.07 Å². The van der Waals surface area contributed by atoms with Crippen LogP contribution >= 0.6 is 11.8 Å². The summed E-state index contributed by atoms with van der Waals surface area (Å²) in [5.74, 6) is -1.70. The van der Waals surface area contributed by atoms with Crippen molar-refractivity contribution in [3.8, 4) is 0 Å². The van der Waals surface area contributed by atoms with Crippen LogP contribution in [0.1, 0.15) is 26.7 Å². The number of benzene rings is 5. The van der Waals surface area contributed by atoms with Gasteiger partial charge in [-0.25, -0.2) is 0 Å². The molecular formula is C36H27N5O7S. The van der Waals surface area contributed by atoms with Crippen molar-refractivity contribution in [2.45, 2.75) is 10.1 Å². The Labute approximate surface area is 284 Å². The molecule has 0 fully saturated rings. The van der Waals surface area contributed by atoms with E-state index in [4.69, 9.17) is 0 Å². The average molecular weight is 674 g/mol. The molecule has 0 bridgehead atoms. The maximum Gasteiger partial charge on any atom is 0.276 e. The van der Waals surface area contributed by atoms with Crippen LogP contribution in [-0.4, -0.2) is 27.6 Å². The molecule has 0 aliphatic rings. The number of non-ortho nitro benzene ring substituents is 1.